The van der Waals surface area contributed by atoms with Crippen LogP contribution in [0.1, 0.15) is 27.7 Å². The number of allylic oxidation sites excluding steroid dienone is 1. The highest BCUT2D eigenvalue weighted by molar-refractivity contribution is 6.77. The minimum absolute atomic E-state index is 0.135. The van der Waals surface area contributed by atoms with Crippen LogP contribution in [0.5, 0.6) is 0 Å². The molecule has 0 aromatic carbocycles. The molecule has 4 heteroatoms. The third-order valence-electron chi connectivity index (χ3n) is 3.77. The molecule has 98 valence electrons. The van der Waals surface area contributed by atoms with Crippen molar-refractivity contribution in [3.8, 4) is 0 Å². The third kappa shape index (κ3) is 3.46. The predicted molar refractivity (Wildman–Crippen MR) is 78.2 cm³/mol. The van der Waals surface area contributed by atoms with Crippen LogP contribution in [0, 0.1) is 0 Å². The van der Waals surface area contributed by atoms with Crippen LogP contribution in [0.4, 0.5) is 0 Å². The lowest BCUT2D eigenvalue weighted by Gasteiger charge is -2.32. The van der Waals surface area contributed by atoms with Crippen molar-refractivity contribution in [1.29, 1.82) is 0 Å². The first-order valence-corrected chi connectivity index (χ1v) is 10.2. The standard InChI is InChI=1S/C13H27BO2Si/c1-9-11(10-17(6,7)8)14-15-12(2,3)13(4,5)16-14/h9,11H,1,10H2,2-8H3/t11-/m1/s1. The zero-order valence-corrected chi connectivity index (χ0v) is 13.5. The summed E-state index contributed by atoms with van der Waals surface area (Å²) in [6.45, 7) is 19.5. The average Bonchev–Trinajstić information content (AvgIpc) is 2.30. The number of hydrogen-bond acceptors (Lipinski definition) is 2. The summed E-state index contributed by atoms with van der Waals surface area (Å²) in [6, 6.07) is 1.16. The molecule has 0 radical (unpaired) electrons. The Morgan fingerprint density at radius 2 is 1.53 bits per heavy atom. The van der Waals surface area contributed by atoms with Crippen molar-refractivity contribution in [1.82, 2.24) is 0 Å². The van der Waals surface area contributed by atoms with Crippen molar-refractivity contribution in [3.05, 3.63) is 12.7 Å². The van der Waals surface area contributed by atoms with Gasteiger partial charge in [0.1, 0.15) is 0 Å². The Hall–Kier alpha value is -0.0582. The lowest BCUT2D eigenvalue weighted by atomic mass is 9.73. The van der Waals surface area contributed by atoms with Crippen LogP contribution in [0.2, 0.25) is 31.5 Å². The Kier molecular flexibility index (Phi) is 4.02. The number of rotatable bonds is 4. The van der Waals surface area contributed by atoms with E-state index in [-0.39, 0.29) is 18.3 Å². The normalized spacial score (nSPS) is 24.8. The molecule has 0 aromatic rings. The minimum atomic E-state index is -1.13. The first-order valence-electron chi connectivity index (χ1n) is 6.47. The fourth-order valence-corrected chi connectivity index (χ4v) is 3.83. The van der Waals surface area contributed by atoms with Crippen molar-refractivity contribution < 1.29 is 9.31 Å². The maximum absolute atomic E-state index is 6.09. The molecular formula is C13H27BO2Si. The van der Waals surface area contributed by atoms with Crippen LogP contribution in [0.25, 0.3) is 0 Å². The molecule has 0 bridgehead atoms. The molecule has 1 fully saturated rings. The zero-order chi connectivity index (χ0) is 13.5. The summed E-state index contributed by atoms with van der Waals surface area (Å²) in [5.74, 6) is 0.308. The van der Waals surface area contributed by atoms with E-state index in [2.05, 4.69) is 53.9 Å². The summed E-state index contributed by atoms with van der Waals surface area (Å²) < 4.78 is 12.2. The van der Waals surface area contributed by atoms with E-state index in [1.807, 2.05) is 6.08 Å². The summed E-state index contributed by atoms with van der Waals surface area (Å²) in [7, 11) is -1.27. The smallest absolute Gasteiger partial charge is 0.403 e. The second-order valence-corrected chi connectivity index (χ2v) is 12.8. The molecule has 0 N–H and O–H groups in total. The van der Waals surface area contributed by atoms with Gasteiger partial charge in [0.2, 0.25) is 0 Å². The SMILES string of the molecule is C=C[C@H](C[Si](C)(C)C)B1OC(C)(C)C(C)(C)O1. The summed E-state index contributed by atoms with van der Waals surface area (Å²) in [4.78, 5) is 0. The monoisotopic (exact) mass is 254 g/mol. The summed E-state index contributed by atoms with van der Waals surface area (Å²) in [5, 5.41) is 0. The van der Waals surface area contributed by atoms with Gasteiger partial charge in [-0.2, -0.15) is 0 Å². The lowest BCUT2D eigenvalue weighted by Crippen LogP contribution is -2.41. The molecular weight excluding hydrogens is 227 g/mol. The van der Waals surface area contributed by atoms with Crippen LogP contribution in [0.3, 0.4) is 0 Å². The predicted octanol–water partition coefficient (Wildman–Crippen LogP) is 3.97. The molecule has 1 atom stereocenters. The third-order valence-corrected chi connectivity index (χ3v) is 5.47. The van der Waals surface area contributed by atoms with Gasteiger partial charge in [-0.25, -0.2) is 0 Å². The summed E-state index contributed by atoms with van der Waals surface area (Å²) in [5.41, 5.74) is -0.475. The van der Waals surface area contributed by atoms with E-state index in [1.165, 1.54) is 0 Å². The molecule has 1 aliphatic rings. The number of hydrogen-bond donors (Lipinski definition) is 0. The van der Waals surface area contributed by atoms with Crippen molar-refractivity contribution in [2.75, 3.05) is 0 Å². The van der Waals surface area contributed by atoms with Crippen molar-refractivity contribution in [3.63, 3.8) is 0 Å². The Morgan fingerprint density at radius 3 is 1.82 bits per heavy atom. The Balaban J connectivity index is 2.78. The summed E-state index contributed by atoms with van der Waals surface area (Å²) >= 11 is 0. The largest absolute Gasteiger partial charge is 0.464 e. The van der Waals surface area contributed by atoms with E-state index in [1.54, 1.807) is 0 Å². The van der Waals surface area contributed by atoms with Gasteiger partial charge in [0, 0.05) is 13.9 Å². The molecule has 1 heterocycles. The quantitative estimate of drug-likeness (QED) is 0.558. The first-order chi connectivity index (χ1) is 7.48. The molecule has 2 nitrogen and oxygen atoms in total. The van der Waals surface area contributed by atoms with Gasteiger partial charge < -0.3 is 9.31 Å². The molecule has 1 rings (SSSR count). The fourth-order valence-electron chi connectivity index (χ4n) is 2.06. The molecule has 0 spiro atoms. The Labute approximate surface area is 108 Å². The van der Waals surface area contributed by atoms with Gasteiger partial charge in [-0.05, 0) is 27.7 Å². The van der Waals surface area contributed by atoms with Crippen LogP contribution >= 0.6 is 0 Å². The highest BCUT2D eigenvalue weighted by atomic mass is 28.3. The van der Waals surface area contributed by atoms with Crippen LogP contribution in [-0.4, -0.2) is 26.4 Å². The van der Waals surface area contributed by atoms with Gasteiger partial charge in [-0.3, -0.25) is 0 Å². The maximum atomic E-state index is 6.09. The Bertz CT molecular complexity index is 278. The topological polar surface area (TPSA) is 18.5 Å². The summed E-state index contributed by atoms with van der Waals surface area (Å²) in [6.07, 6.45) is 2.00. The van der Waals surface area contributed by atoms with Gasteiger partial charge in [0.05, 0.1) is 11.2 Å². The molecule has 0 saturated carbocycles. The van der Waals surface area contributed by atoms with E-state index < -0.39 is 8.07 Å². The van der Waals surface area contributed by atoms with Crippen LogP contribution < -0.4 is 0 Å². The van der Waals surface area contributed by atoms with Crippen LogP contribution in [-0.2, 0) is 9.31 Å². The average molecular weight is 254 g/mol. The van der Waals surface area contributed by atoms with Gasteiger partial charge in [-0.1, -0.05) is 31.8 Å². The first kappa shape index (κ1) is 15.0. The Morgan fingerprint density at radius 1 is 1.12 bits per heavy atom. The maximum Gasteiger partial charge on any atom is 0.464 e. The van der Waals surface area contributed by atoms with Gasteiger partial charge in [-0.15, -0.1) is 6.58 Å². The molecule has 0 aromatic heterocycles. The molecule has 0 aliphatic carbocycles. The fraction of sp³-hybridized carbons (Fsp3) is 0.846. The van der Waals surface area contributed by atoms with Crippen molar-refractivity contribution in [2.24, 2.45) is 0 Å². The highest BCUT2D eigenvalue weighted by Gasteiger charge is 2.53. The van der Waals surface area contributed by atoms with Gasteiger partial charge >= 0.3 is 7.12 Å². The van der Waals surface area contributed by atoms with Crippen LogP contribution in [0.15, 0.2) is 12.7 Å². The molecule has 0 amide bonds. The van der Waals surface area contributed by atoms with E-state index in [0.717, 1.165) is 6.04 Å². The van der Waals surface area contributed by atoms with E-state index in [0.29, 0.717) is 5.82 Å². The second-order valence-electron chi connectivity index (χ2n) is 7.29. The van der Waals surface area contributed by atoms with E-state index in [9.17, 15) is 0 Å². The molecule has 1 saturated heterocycles. The van der Waals surface area contributed by atoms with E-state index in [4.69, 9.17) is 9.31 Å². The van der Waals surface area contributed by atoms with Gasteiger partial charge in [0.25, 0.3) is 0 Å². The minimum Gasteiger partial charge on any atom is -0.403 e. The van der Waals surface area contributed by atoms with E-state index >= 15 is 0 Å². The van der Waals surface area contributed by atoms with Crippen molar-refractivity contribution >= 4 is 15.2 Å². The second kappa shape index (κ2) is 4.56. The molecule has 1 aliphatic heterocycles. The molecule has 0 unspecified atom stereocenters. The molecule has 17 heavy (non-hydrogen) atoms. The van der Waals surface area contributed by atoms with Gasteiger partial charge in [0.15, 0.2) is 0 Å². The lowest BCUT2D eigenvalue weighted by molar-refractivity contribution is 0.00578. The highest BCUT2D eigenvalue weighted by Crippen LogP contribution is 2.42. The van der Waals surface area contributed by atoms with Crippen molar-refractivity contribution in [2.45, 2.75) is 70.4 Å². The zero-order valence-electron chi connectivity index (χ0n) is 12.5.